The Morgan fingerprint density at radius 1 is 1.18 bits per heavy atom. The molecule has 0 spiro atoms. The molecule has 0 aliphatic rings. The zero-order valence-corrected chi connectivity index (χ0v) is 11.2. The number of methoxy groups -OCH3 is 1. The summed E-state index contributed by atoms with van der Waals surface area (Å²) in [6.45, 7) is 8.01. The lowest BCUT2D eigenvalue weighted by atomic mass is 10.0. The van der Waals surface area contributed by atoms with E-state index in [-0.39, 0.29) is 18.1 Å². The molecule has 0 radical (unpaired) electrons. The molecule has 0 aliphatic heterocycles. The molecular weight excluding hydrogens is 214 g/mol. The van der Waals surface area contributed by atoms with Crippen LogP contribution in [0.5, 0.6) is 0 Å². The third-order valence-corrected chi connectivity index (χ3v) is 2.80. The highest BCUT2D eigenvalue weighted by Gasteiger charge is 2.16. The van der Waals surface area contributed by atoms with Crippen LogP contribution in [0.2, 0.25) is 0 Å². The molecule has 0 saturated heterocycles. The summed E-state index contributed by atoms with van der Waals surface area (Å²) < 4.78 is 4.69. The summed E-state index contributed by atoms with van der Waals surface area (Å²) in [6.07, 6.45) is 0. The maximum absolute atomic E-state index is 11.3. The van der Waals surface area contributed by atoms with E-state index in [1.807, 2.05) is 13.8 Å². The van der Waals surface area contributed by atoms with Crippen LogP contribution in [0.4, 0.5) is 0 Å². The van der Waals surface area contributed by atoms with Gasteiger partial charge in [-0.1, -0.05) is 29.3 Å². The minimum absolute atomic E-state index is 0.127. The summed E-state index contributed by atoms with van der Waals surface area (Å²) in [7, 11) is 1.40. The van der Waals surface area contributed by atoms with Crippen molar-refractivity contribution in [1.29, 1.82) is 0 Å². The molecule has 94 valence electrons. The van der Waals surface area contributed by atoms with E-state index < -0.39 is 0 Å². The summed E-state index contributed by atoms with van der Waals surface area (Å²) in [5, 5.41) is 3.23. The number of esters is 1. The molecule has 0 saturated carbocycles. The van der Waals surface area contributed by atoms with E-state index in [0.29, 0.717) is 0 Å². The molecule has 0 amide bonds. The van der Waals surface area contributed by atoms with Gasteiger partial charge in [-0.05, 0) is 33.3 Å². The first kappa shape index (κ1) is 13.7. The molecule has 1 aromatic carbocycles. The van der Waals surface area contributed by atoms with Gasteiger partial charge in [0.15, 0.2) is 0 Å². The maximum atomic E-state index is 11.3. The predicted molar refractivity (Wildman–Crippen MR) is 68.9 cm³/mol. The van der Waals surface area contributed by atoms with Gasteiger partial charge in [-0.2, -0.15) is 0 Å². The molecule has 0 heterocycles. The van der Waals surface area contributed by atoms with Crippen LogP contribution in [0, 0.1) is 13.8 Å². The van der Waals surface area contributed by atoms with Gasteiger partial charge in [-0.25, -0.2) is 0 Å². The third-order valence-electron chi connectivity index (χ3n) is 2.80. The average Bonchev–Trinajstić information content (AvgIpc) is 2.26. The molecule has 17 heavy (non-hydrogen) atoms. The second-order valence-electron chi connectivity index (χ2n) is 4.55. The van der Waals surface area contributed by atoms with E-state index in [1.54, 1.807) is 0 Å². The molecule has 0 aliphatic carbocycles. The fourth-order valence-electron chi connectivity index (χ4n) is 1.98. The van der Waals surface area contributed by atoms with Crippen LogP contribution in [-0.2, 0) is 9.53 Å². The first-order valence-corrected chi connectivity index (χ1v) is 5.86. The van der Waals surface area contributed by atoms with Gasteiger partial charge in [-0.15, -0.1) is 0 Å². The fourth-order valence-corrected chi connectivity index (χ4v) is 1.98. The zero-order valence-electron chi connectivity index (χ0n) is 11.2. The number of aryl methyl sites for hydroxylation is 2. The number of nitrogens with one attached hydrogen (secondary N) is 1. The quantitative estimate of drug-likeness (QED) is 0.815. The van der Waals surface area contributed by atoms with E-state index in [0.717, 1.165) is 0 Å². The van der Waals surface area contributed by atoms with Crippen molar-refractivity contribution < 1.29 is 9.53 Å². The standard InChI is InChI=1S/C14H21NO2/c1-9-6-10(2)8-13(7-9)11(3)15-12(4)14(16)17-5/h6-8,11-12,15H,1-5H3. The summed E-state index contributed by atoms with van der Waals surface area (Å²) in [5.74, 6) is -0.235. The molecule has 1 N–H and O–H groups in total. The normalized spacial score (nSPS) is 14.2. The van der Waals surface area contributed by atoms with Gasteiger partial charge in [-0.3, -0.25) is 10.1 Å². The number of carbonyl (C=O) groups is 1. The molecule has 0 bridgehead atoms. The van der Waals surface area contributed by atoms with Gasteiger partial charge in [0.2, 0.25) is 0 Å². The Bertz CT molecular complexity index is 381. The highest BCUT2D eigenvalue weighted by atomic mass is 16.5. The van der Waals surface area contributed by atoms with Crippen molar-refractivity contribution in [3.63, 3.8) is 0 Å². The summed E-state index contributed by atoms with van der Waals surface area (Å²) in [5.41, 5.74) is 3.66. The Balaban J connectivity index is 2.75. The largest absolute Gasteiger partial charge is 0.468 e. The first-order valence-electron chi connectivity index (χ1n) is 5.86. The number of carbonyl (C=O) groups excluding carboxylic acids is 1. The number of ether oxygens (including phenoxy) is 1. The average molecular weight is 235 g/mol. The minimum atomic E-state index is -0.296. The molecular formula is C14H21NO2. The van der Waals surface area contributed by atoms with Gasteiger partial charge in [0.25, 0.3) is 0 Å². The third kappa shape index (κ3) is 3.86. The molecule has 0 aromatic heterocycles. The lowest BCUT2D eigenvalue weighted by Gasteiger charge is -2.19. The van der Waals surface area contributed by atoms with E-state index in [4.69, 9.17) is 4.74 Å². The summed E-state index contributed by atoms with van der Waals surface area (Å²) >= 11 is 0. The van der Waals surface area contributed by atoms with Crippen LogP contribution >= 0.6 is 0 Å². The minimum Gasteiger partial charge on any atom is -0.468 e. The molecule has 3 heteroatoms. The lowest BCUT2D eigenvalue weighted by Crippen LogP contribution is -2.36. The summed E-state index contributed by atoms with van der Waals surface area (Å²) in [6, 6.07) is 6.24. The van der Waals surface area contributed by atoms with E-state index >= 15 is 0 Å². The van der Waals surface area contributed by atoms with Crippen LogP contribution in [0.15, 0.2) is 18.2 Å². The van der Waals surface area contributed by atoms with Crippen molar-refractivity contribution in [2.45, 2.75) is 39.8 Å². The van der Waals surface area contributed by atoms with Crippen molar-refractivity contribution in [1.82, 2.24) is 5.32 Å². The smallest absolute Gasteiger partial charge is 0.322 e. The van der Waals surface area contributed by atoms with Crippen LogP contribution in [0.3, 0.4) is 0 Å². The predicted octanol–water partition coefficient (Wildman–Crippen LogP) is 2.52. The van der Waals surface area contributed by atoms with Crippen molar-refractivity contribution in [2.24, 2.45) is 0 Å². The van der Waals surface area contributed by atoms with Gasteiger partial charge < -0.3 is 4.74 Å². The fraction of sp³-hybridized carbons (Fsp3) is 0.500. The lowest BCUT2D eigenvalue weighted by molar-refractivity contribution is -0.142. The Morgan fingerprint density at radius 3 is 2.18 bits per heavy atom. The maximum Gasteiger partial charge on any atom is 0.322 e. The Labute approximate surface area is 103 Å². The van der Waals surface area contributed by atoms with Crippen LogP contribution in [0.25, 0.3) is 0 Å². The topological polar surface area (TPSA) is 38.3 Å². The van der Waals surface area contributed by atoms with Crippen LogP contribution < -0.4 is 5.32 Å². The Kier molecular flexibility index (Phi) is 4.70. The second-order valence-corrected chi connectivity index (χ2v) is 4.55. The zero-order chi connectivity index (χ0) is 13.0. The van der Waals surface area contributed by atoms with Crippen molar-refractivity contribution >= 4 is 5.97 Å². The molecule has 1 aromatic rings. The molecule has 2 atom stereocenters. The van der Waals surface area contributed by atoms with E-state index in [9.17, 15) is 4.79 Å². The summed E-state index contributed by atoms with van der Waals surface area (Å²) in [4.78, 5) is 11.3. The number of hydrogen-bond acceptors (Lipinski definition) is 3. The molecule has 0 fully saturated rings. The molecule has 2 unspecified atom stereocenters. The van der Waals surface area contributed by atoms with Gasteiger partial charge >= 0.3 is 5.97 Å². The highest BCUT2D eigenvalue weighted by molar-refractivity contribution is 5.75. The number of hydrogen-bond donors (Lipinski definition) is 1. The van der Waals surface area contributed by atoms with Crippen LogP contribution in [-0.4, -0.2) is 19.1 Å². The van der Waals surface area contributed by atoms with Gasteiger partial charge in [0, 0.05) is 6.04 Å². The van der Waals surface area contributed by atoms with E-state index in [2.05, 4.69) is 37.4 Å². The van der Waals surface area contributed by atoms with Crippen LogP contribution in [0.1, 0.15) is 36.6 Å². The van der Waals surface area contributed by atoms with Crippen molar-refractivity contribution in [3.8, 4) is 0 Å². The number of rotatable bonds is 4. The SMILES string of the molecule is COC(=O)C(C)NC(C)c1cc(C)cc(C)c1. The second kappa shape index (κ2) is 5.82. The monoisotopic (exact) mass is 235 g/mol. The number of benzene rings is 1. The molecule has 3 nitrogen and oxygen atoms in total. The Morgan fingerprint density at radius 2 is 1.71 bits per heavy atom. The highest BCUT2D eigenvalue weighted by Crippen LogP contribution is 2.17. The molecule has 1 rings (SSSR count). The van der Waals surface area contributed by atoms with Crippen molar-refractivity contribution in [3.05, 3.63) is 34.9 Å². The Hall–Kier alpha value is -1.35. The van der Waals surface area contributed by atoms with Gasteiger partial charge in [0.1, 0.15) is 6.04 Å². The first-order chi connectivity index (χ1) is 7.93. The van der Waals surface area contributed by atoms with E-state index in [1.165, 1.54) is 23.8 Å². The van der Waals surface area contributed by atoms with Crippen molar-refractivity contribution in [2.75, 3.05) is 7.11 Å². The van der Waals surface area contributed by atoms with Gasteiger partial charge in [0.05, 0.1) is 7.11 Å².